The van der Waals surface area contributed by atoms with E-state index in [1.807, 2.05) is 24.3 Å². The molecule has 0 fully saturated rings. The first-order valence-corrected chi connectivity index (χ1v) is 8.12. The molecule has 3 heteroatoms. The lowest BCUT2D eigenvalue weighted by molar-refractivity contribution is 0.306. The lowest BCUT2D eigenvalue weighted by Gasteiger charge is -2.10. The van der Waals surface area contributed by atoms with E-state index >= 15 is 0 Å². The zero-order valence-electron chi connectivity index (χ0n) is 14.1. The second-order valence-corrected chi connectivity index (χ2v) is 5.94. The summed E-state index contributed by atoms with van der Waals surface area (Å²) in [5.74, 6) is 0.877. The molecule has 3 aromatic rings. The van der Waals surface area contributed by atoms with Gasteiger partial charge < -0.3 is 10.1 Å². The third-order valence-corrected chi connectivity index (χ3v) is 4.08. The van der Waals surface area contributed by atoms with Crippen LogP contribution < -0.4 is 10.1 Å². The molecule has 24 heavy (non-hydrogen) atoms. The fourth-order valence-corrected chi connectivity index (χ4v) is 2.40. The summed E-state index contributed by atoms with van der Waals surface area (Å²) in [4.78, 5) is 4.01. The molecular formula is C21H22N2O. The molecule has 0 radical (unpaired) electrons. The summed E-state index contributed by atoms with van der Waals surface area (Å²) < 4.78 is 5.79. The van der Waals surface area contributed by atoms with E-state index in [0.717, 1.165) is 23.5 Å². The minimum absolute atomic E-state index is 0.558. The molecule has 1 aromatic heterocycles. The molecule has 0 spiro atoms. The predicted octanol–water partition coefficient (Wildman–Crippen LogP) is 4.89. The van der Waals surface area contributed by atoms with Crippen LogP contribution in [0.2, 0.25) is 0 Å². The van der Waals surface area contributed by atoms with Gasteiger partial charge in [0.15, 0.2) is 0 Å². The van der Waals surface area contributed by atoms with Crippen molar-refractivity contribution in [2.45, 2.75) is 27.0 Å². The van der Waals surface area contributed by atoms with Crippen molar-refractivity contribution in [2.75, 3.05) is 5.32 Å². The Balaban J connectivity index is 1.53. The van der Waals surface area contributed by atoms with Crippen LogP contribution in [-0.4, -0.2) is 4.98 Å². The summed E-state index contributed by atoms with van der Waals surface area (Å²) in [6.07, 6.45) is 3.56. The van der Waals surface area contributed by atoms with Crippen LogP contribution in [0.4, 0.5) is 5.69 Å². The number of nitrogens with zero attached hydrogens (tertiary/aromatic N) is 1. The first-order chi connectivity index (χ1) is 11.7. The van der Waals surface area contributed by atoms with Gasteiger partial charge in [-0.3, -0.25) is 4.98 Å². The molecule has 3 rings (SSSR count). The highest BCUT2D eigenvalue weighted by atomic mass is 16.5. The number of aryl methyl sites for hydroxylation is 2. The number of ether oxygens (including phenoxy) is 1. The average molecular weight is 318 g/mol. The Morgan fingerprint density at radius 3 is 2.29 bits per heavy atom. The number of nitrogens with one attached hydrogen (secondary N) is 1. The van der Waals surface area contributed by atoms with Gasteiger partial charge in [0, 0.05) is 24.6 Å². The maximum atomic E-state index is 5.79. The normalized spacial score (nSPS) is 10.4. The summed E-state index contributed by atoms with van der Waals surface area (Å²) in [5.41, 5.74) is 6.11. The van der Waals surface area contributed by atoms with Crippen LogP contribution in [0, 0.1) is 13.8 Å². The Morgan fingerprint density at radius 2 is 1.58 bits per heavy atom. The van der Waals surface area contributed by atoms with E-state index in [9.17, 15) is 0 Å². The van der Waals surface area contributed by atoms with Gasteiger partial charge in [0.1, 0.15) is 12.4 Å². The van der Waals surface area contributed by atoms with Crippen molar-refractivity contribution in [1.29, 1.82) is 0 Å². The highest BCUT2D eigenvalue weighted by molar-refractivity contribution is 5.48. The van der Waals surface area contributed by atoms with Crippen molar-refractivity contribution < 1.29 is 4.74 Å². The summed E-state index contributed by atoms with van der Waals surface area (Å²) in [6.45, 7) is 5.62. The minimum Gasteiger partial charge on any atom is -0.489 e. The van der Waals surface area contributed by atoms with Crippen molar-refractivity contribution >= 4 is 5.69 Å². The molecule has 0 atom stereocenters. The lowest BCUT2D eigenvalue weighted by Crippen LogP contribution is -2.00. The largest absolute Gasteiger partial charge is 0.489 e. The summed E-state index contributed by atoms with van der Waals surface area (Å²) in [5, 5.41) is 3.46. The molecule has 0 saturated carbocycles. The van der Waals surface area contributed by atoms with E-state index in [-0.39, 0.29) is 0 Å². The van der Waals surface area contributed by atoms with Crippen LogP contribution in [0.5, 0.6) is 5.75 Å². The van der Waals surface area contributed by atoms with Crippen LogP contribution in [0.15, 0.2) is 67.0 Å². The number of benzene rings is 2. The topological polar surface area (TPSA) is 34.1 Å². The highest BCUT2D eigenvalue weighted by Gasteiger charge is 1.99. The number of pyridine rings is 1. The van der Waals surface area contributed by atoms with Crippen LogP contribution in [0.25, 0.3) is 0 Å². The molecule has 0 aliphatic heterocycles. The molecule has 0 unspecified atom stereocenters. The highest BCUT2D eigenvalue weighted by Crippen LogP contribution is 2.17. The van der Waals surface area contributed by atoms with Gasteiger partial charge in [0.05, 0.1) is 0 Å². The molecule has 0 saturated heterocycles. The predicted molar refractivity (Wildman–Crippen MR) is 98.3 cm³/mol. The third-order valence-electron chi connectivity index (χ3n) is 4.08. The van der Waals surface area contributed by atoms with E-state index in [1.54, 1.807) is 12.4 Å². The van der Waals surface area contributed by atoms with Gasteiger partial charge in [0.25, 0.3) is 0 Å². The Morgan fingerprint density at radius 1 is 0.833 bits per heavy atom. The fourth-order valence-electron chi connectivity index (χ4n) is 2.40. The maximum absolute atomic E-state index is 5.79. The molecule has 1 N–H and O–H groups in total. The van der Waals surface area contributed by atoms with Gasteiger partial charge in [-0.15, -0.1) is 0 Å². The van der Waals surface area contributed by atoms with Gasteiger partial charge in [-0.2, -0.15) is 0 Å². The van der Waals surface area contributed by atoms with Crippen LogP contribution in [0.3, 0.4) is 0 Å². The molecule has 2 aromatic carbocycles. The van der Waals surface area contributed by atoms with Crippen molar-refractivity contribution in [3.05, 3.63) is 89.2 Å². The third kappa shape index (κ3) is 4.35. The van der Waals surface area contributed by atoms with Crippen LogP contribution in [-0.2, 0) is 13.2 Å². The molecule has 0 aliphatic rings. The summed E-state index contributed by atoms with van der Waals surface area (Å²) in [6, 6.07) is 18.6. The van der Waals surface area contributed by atoms with Crippen molar-refractivity contribution in [1.82, 2.24) is 4.98 Å². The van der Waals surface area contributed by atoms with Crippen molar-refractivity contribution in [3.63, 3.8) is 0 Å². The molecule has 1 heterocycles. The number of rotatable bonds is 6. The Hall–Kier alpha value is -2.81. The molecule has 0 aliphatic carbocycles. The van der Waals surface area contributed by atoms with Gasteiger partial charge in [0.2, 0.25) is 0 Å². The fraction of sp³-hybridized carbons (Fsp3) is 0.190. The van der Waals surface area contributed by atoms with Crippen molar-refractivity contribution in [3.8, 4) is 5.75 Å². The Bertz CT molecular complexity index is 783. The Labute approximate surface area is 143 Å². The van der Waals surface area contributed by atoms with Gasteiger partial charge in [-0.25, -0.2) is 0 Å². The SMILES string of the molecule is Cc1ccc(NCc2ccc(OCc3ccncc3)cc2)cc1C. The van der Waals surface area contributed by atoms with Crippen LogP contribution in [0.1, 0.15) is 22.3 Å². The monoisotopic (exact) mass is 318 g/mol. The molecule has 0 bridgehead atoms. The van der Waals surface area contributed by atoms with E-state index in [0.29, 0.717) is 6.61 Å². The molecule has 3 nitrogen and oxygen atoms in total. The minimum atomic E-state index is 0.558. The van der Waals surface area contributed by atoms with Gasteiger partial charge in [-0.1, -0.05) is 18.2 Å². The van der Waals surface area contributed by atoms with Gasteiger partial charge in [-0.05, 0) is 72.5 Å². The quantitative estimate of drug-likeness (QED) is 0.702. The summed E-state index contributed by atoms with van der Waals surface area (Å²) in [7, 11) is 0. The molecular weight excluding hydrogens is 296 g/mol. The van der Waals surface area contributed by atoms with E-state index in [2.05, 4.69) is 54.5 Å². The zero-order chi connectivity index (χ0) is 16.8. The Kier molecular flexibility index (Phi) is 5.12. The maximum Gasteiger partial charge on any atom is 0.119 e. The number of aromatic nitrogens is 1. The molecule has 122 valence electrons. The zero-order valence-corrected chi connectivity index (χ0v) is 14.1. The van der Waals surface area contributed by atoms with Gasteiger partial charge >= 0.3 is 0 Å². The van der Waals surface area contributed by atoms with E-state index in [4.69, 9.17) is 4.74 Å². The van der Waals surface area contributed by atoms with E-state index < -0.39 is 0 Å². The number of hydrogen-bond donors (Lipinski definition) is 1. The van der Waals surface area contributed by atoms with Crippen LogP contribution >= 0.6 is 0 Å². The van der Waals surface area contributed by atoms with Crippen molar-refractivity contribution in [2.24, 2.45) is 0 Å². The molecule has 0 amide bonds. The first kappa shape index (κ1) is 16.1. The van der Waals surface area contributed by atoms with E-state index in [1.165, 1.54) is 16.7 Å². The smallest absolute Gasteiger partial charge is 0.119 e. The standard InChI is InChI=1S/C21H22N2O/c1-16-3-6-20(13-17(16)2)23-14-18-4-7-21(8-5-18)24-15-19-9-11-22-12-10-19/h3-13,23H,14-15H2,1-2H3. The summed E-state index contributed by atoms with van der Waals surface area (Å²) >= 11 is 0. The lowest BCUT2D eigenvalue weighted by atomic mass is 10.1. The first-order valence-electron chi connectivity index (χ1n) is 8.12. The number of hydrogen-bond acceptors (Lipinski definition) is 3. The number of anilines is 1. The average Bonchev–Trinajstić information content (AvgIpc) is 2.63. The second kappa shape index (κ2) is 7.64. The second-order valence-electron chi connectivity index (χ2n) is 5.94.